The first-order chi connectivity index (χ1) is 6.99. The predicted octanol–water partition coefficient (Wildman–Crippen LogP) is 0.747. The highest BCUT2D eigenvalue weighted by Gasteiger charge is 2.35. The van der Waals surface area contributed by atoms with Crippen LogP contribution >= 0.6 is 0 Å². The van der Waals surface area contributed by atoms with Crippen molar-refractivity contribution in [3.8, 4) is 6.07 Å². The number of nitrogens with zero attached hydrogens (tertiary/aromatic N) is 2. The maximum atomic E-state index is 11.6. The highest BCUT2D eigenvalue weighted by molar-refractivity contribution is 5.79. The average molecular weight is 209 g/mol. The summed E-state index contributed by atoms with van der Waals surface area (Å²) in [6.07, 6.45) is 1.44. The molecule has 1 rings (SSSR count). The van der Waals surface area contributed by atoms with Crippen molar-refractivity contribution >= 4 is 5.91 Å². The molecule has 1 saturated heterocycles. The summed E-state index contributed by atoms with van der Waals surface area (Å²) in [7, 11) is 2.03. The topological polar surface area (TPSA) is 56.1 Å². The first kappa shape index (κ1) is 12.0. The van der Waals surface area contributed by atoms with Crippen LogP contribution in [0.1, 0.15) is 26.7 Å². The molecule has 0 unspecified atom stereocenters. The Morgan fingerprint density at radius 3 is 2.40 bits per heavy atom. The molecule has 4 heteroatoms. The zero-order valence-electron chi connectivity index (χ0n) is 9.71. The van der Waals surface area contributed by atoms with Crippen LogP contribution in [-0.4, -0.2) is 36.5 Å². The minimum absolute atomic E-state index is 0.0268. The maximum absolute atomic E-state index is 11.6. The van der Waals surface area contributed by atoms with Gasteiger partial charge in [-0.1, -0.05) is 13.8 Å². The largest absolute Gasteiger partial charge is 0.338 e. The molecule has 0 aromatic heterocycles. The van der Waals surface area contributed by atoms with E-state index in [0.717, 1.165) is 25.9 Å². The molecule has 1 aliphatic rings. The zero-order chi connectivity index (χ0) is 11.5. The highest BCUT2D eigenvalue weighted by Crippen LogP contribution is 2.21. The quantitative estimate of drug-likeness (QED) is 0.730. The second kappa shape index (κ2) is 4.63. The van der Waals surface area contributed by atoms with Gasteiger partial charge >= 0.3 is 0 Å². The fraction of sp³-hybridized carbons (Fsp3) is 0.818. The van der Waals surface area contributed by atoms with E-state index >= 15 is 0 Å². The van der Waals surface area contributed by atoms with Gasteiger partial charge in [-0.25, -0.2) is 0 Å². The summed E-state index contributed by atoms with van der Waals surface area (Å²) in [5.74, 6) is -0.0871. The molecular weight excluding hydrogens is 190 g/mol. The van der Waals surface area contributed by atoms with Crippen molar-refractivity contribution in [2.75, 3.05) is 20.1 Å². The molecule has 0 aliphatic carbocycles. The van der Waals surface area contributed by atoms with E-state index in [4.69, 9.17) is 0 Å². The number of nitriles is 1. The summed E-state index contributed by atoms with van der Waals surface area (Å²) in [6.45, 7) is 5.42. The van der Waals surface area contributed by atoms with Crippen LogP contribution in [0.2, 0.25) is 0 Å². The summed E-state index contributed by atoms with van der Waals surface area (Å²) in [6, 6.07) is 2.27. The van der Waals surface area contributed by atoms with Crippen molar-refractivity contribution in [2.45, 2.75) is 32.2 Å². The summed E-state index contributed by atoms with van der Waals surface area (Å²) >= 11 is 0. The number of amides is 1. The first-order valence-electron chi connectivity index (χ1n) is 5.41. The molecular formula is C11H19N3O. The summed E-state index contributed by atoms with van der Waals surface area (Å²) in [4.78, 5) is 13.8. The van der Waals surface area contributed by atoms with Crippen molar-refractivity contribution in [1.29, 1.82) is 5.26 Å². The Morgan fingerprint density at radius 1 is 1.47 bits per heavy atom. The summed E-state index contributed by atoms with van der Waals surface area (Å²) < 4.78 is 0. The van der Waals surface area contributed by atoms with E-state index in [2.05, 4.69) is 16.3 Å². The Kier molecular flexibility index (Phi) is 3.70. The van der Waals surface area contributed by atoms with Crippen LogP contribution in [0.15, 0.2) is 0 Å². The lowest BCUT2D eigenvalue weighted by Gasteiger charge is -2.36. The van der Waals surface area contributed by atoms with Gasteiger partial charge < -0.3 is 10.2 Å². The van der Waals surface area contributed by atoms with Crippen LogP contribution in [-0.2, 0) is 4.79 Å². The third kappa shape index (κ3) is 2.93. The van der Waals surface area contributed by atoms with Crippen molar-refractivity contribution in [3.05, 3.63) is 0 Å². The smallest absolute Gasteiger partial charge is 0.223 e. The van der Waals surface area contributed by atoms with Gasteiger partial charge in [-0.3, -0.25) is 4.79 Å². The number of piperidine rings is 1. The van der Waals surface area contributed by atoms with E-state index in [-0.39, 0.29) is 11.8 Å². The van der Waals surface area contributed by atoms with Gasteiger partial charge in [-0.15, -0.1) is 0 Å². The maximum Gasteiger partial charge on any atom is 0.223 e. The fourth-order valence-corrected chi connectivity index (χ4v) is 1.65. The van der Waals surface area contributed by atoms with Crippen LogP contribution in [0.25, 0.3) is 0 Å². The Bertz CT molecular complexity index is 272. The van der Waals surface area contributed by atoms with Gasteiger partial charge in [0.1, 0.15) is 5.54 Å². The summed E-state index contributed by atoms with van der Waals surface area (Å²) in [5, 5.41) is 12.1. The number of hydrogen-bond donors (Lipinski definition) is 1. The highest BCUT2D eigenvalue weighted by atomic mass is 16.2. The molecule has 1 heterocycles. The molecule has 4 nitrogen and oxygen atoms in total. The van der Waals surface area contributed by atoms with E-state index in [9.17, 15) is 10.1 Å². The van der Waals surface area contributed by atoms with Crippen LogP contribution in [0, 0.1) is 17.2 Å². The van der Waals surface area contributed by atoms with Gasteiger partial charge in [0.15, 0.2) is 0 Å². The van der Waals surface area contributed by atoms with E-state index in [0.29, 0.717) is 0 Å². The lowest BCUT2D eigenvalue weighted by molar-refractivity contribution is -0.125. The minimum atomic E-state index is -0.631. The third-order valence-corrected chi connectivity index (χ3v) is 2.94. The molecule has 0 bridgehead atoms. The van der Waals surface area contributed by atoms with E-state index in [1.165, 1.54) is 0 Å². The van der Waals surface area contributed by atoms with Gasteiger partial charge in [0.2, 0.25) is 5.91 Å². The normalized spacial score (nSPS) is 21.0. The molecule has 0 atom stereocenters. The Hall–Kier alpha value is -1.08. The molecule has 1 fully saturated rings. The Balaban J connectivity index is 2.63. The Morgan fingerprint density at radius 2 is 2.00 bits per heavy atom. The monoisotopic (exact) mass is 209 g/mol. The van der Waals surface area contributed by atoms with Crippen molar-refractivity contribution in [2.24, 2.45) is 5.92 Å². The fourth-order valence-electron chi connectivity index (χ4n) is 1.65. The van der Waals surface area contributed by atoms with E-state index < -0.39 is 5.54 Å². The number of carbonyl (C=O) groups excluding carboxylic acids is 1. The van der Waals surface area contributed by atoms with Gasteiger partial charge in [-0.2, -0.15) is 5.26 Å². The molecule has 1 amide bonds. The molecule has 0 aromatic rings. The molecule has 0 saturated carbocycles. The lowest BCUT2D eigenvalue weighted by atomic mass is 9.88. The van der Waals surface area contributed by atoms with Gasteiger partial charge in [-0.05, 0) is 19.9 Å². The molecule has 1 aliphatic heterocycles. The van der Waals surface area contributed by atoms with Gasteiger partial charge in [0.05, 0.1) is 6.07 Å². The second-order valence-corrected chi connectivity index (χ2v) is 4.64. The zero-order valence-corrected chi connectivity index (χ0v) is 9.71. The Labute approximate surface area is 91.2 Å². The van der Waals surface area contributed by atoms with Gasteiger partial charge in [0.25, 0.3) is 0 Å². The molecule has 1 N–H and O–H groups in total. The van der Waals surface area contributed by atoms with Crippen molar-refractivity contribution < 1.29 is 4.79 Å². The molecule has 84 valence electrons. The van der Waals surface area contributed by atoms with Crippen LogP contribution < -0.4 is 5.32 Å². The molecule has 15 heavy (non-hydrogen) atoms. The van der Waals surface area contributed by atoms with Crippen molar-refractivity contribution in [1.82, 2.24) is 10.2 Å². The molecule has 0 radical (unpaired) electrons. The minimum Gasteiger partial charge on any atom is -0.338 e. The SMILES string of the molecule is CC(C)C(=O)NC1(C#N)CCN(C)CC1. The summed E-state index contributed by atoms with van der Waals surface area (Å²) in [5.41, 5.74) is -0.631. The second-order valence-electron chi connectivity index (χ2n) is 4.64. The standard InChI is InChI=1S/C11H19N3O/c1-9(2)10(15)13-11(8-12)4-6-14(3)7-5-11/h9H,4-7H2,1-3H3,(H,13,15). The van der Waals surface area contributed by atoms with E-state index in [1.807, 2.05) is 20.9 Å². The first-order valence-corrected chi connectivity index (χ1v) is 5.41. The molecule has 0 aromatic carbocycles. The third-order valence-electron chi connectivity index (χ3n) is 2.94. The lowest BCUT2D eigenvalue weighted by Crippen LogP contribution is -2.54. The van der Waals surface area contributed by atoms with Crippen LogP contribution in [0.3, 0.4) is 0 Å². The number of carbonyl (C=O) groups is 1. The average Bonchev–Trinajstić information content (AvgIpc) is 2.21. The number of rotatable bonds is 2. The van der Waals surface area contributed by atoms with Crippen LogP contribution in [0.4, 0.5) is 0 Å². The van der Waals surface area contributed by atoms with E-state index in [1.54, 1.807) is 0 Å². The predicted molar refractivity (Wildman–Crippen MR) is 58.1 cm³/mol. The number of likely N-dealkylation sites (tertiary alicyclic amines) is 1. The number of hydrogen-bond acceptors (Lipinski definition) is 3. The van der Waals surface area contributed by atoms with Crippen molar-refractivity contribution in [3.63, 3.8) is 0 Å². The van der Waals surface area contributed by atoms with Crippen LogP contribution in [0.5, 0.6) is 0 Å². The molecule has 0 spiro atoms. The number of nitrogens with one attached hydrogen (secondary N) is 1. The van der Waals surface area contributed by atoms with Gasteiger partial charge in [0, 0.05) is 19.0 Å².